The van der Waals surface area contributed by atoms with Gasteiger partial charge in [0.15, 0.2) is 0 Å². The second-order valence-corrected chi connectivity index (χ2v) is 11.2. The summed E-state index contributed by atoms with van der Waals surface area (Å²) in [6.07, 6.45) is 4.48. The topological polar surface area (TPSA) is 139 Å². The molecule has 2 N–H and O–H groups in total. The van der Waals surface area contributed by atoms with Gasteiger partial charge in [-0.1, -0.05) is 31.0 Å². The number of nitro groups is 1. The van der Waals surface area contributed by atoms with E-state index in [2.05, 4.69) is 10.6 Å². The van der Waals surface area contributed by atoms with Crippen LogP contribution in [0.25, 0.3) is 0 Å². The Bertz CT molecular complexity index is 1200. The van der Waals surface area contributed by atoms with Gasteiger partial charge in [-0.25, -0.2) is 8.42 Å². The van der Waals surface area contributed by atoms with E-state index >= 15 is 0 Å². The van der Waals surface area contributed by atoms with Crippen LogP contribution in [0, 0.1) is 16.0 Å². The van der Waals surface area contributed by atoms with Gasteiger partial charge in [0.05, 0.1) is 15.7 Å². The molecule has 10 nitrogen and oxygen atoms in total. The number of non-ortho nitro benzene ring substituents is 1. The second kappa shape index (κ2) is 11.2. The summed E-state index contributed by atoms with van der Waals surface area (Å²) in [7, 11) is -3.89. The largest absolute Gasteiger partial charge is 0.351 e. The van der Waals surface area contributed by atoms with E-state index < -0.39 is 20.9 Å². The first-order chi connectivity index (χ1) is 17.3. The summed E-state index contributed by atoms with van der Waals surface area (Å²) in [5.74, 6) is -0.914. The lowest BCUT2D eigenvalue weighted by Gasteiger charge is -2.36. The molecule has 2 amide bonds. The zero-order chi connectivity index (χ0) is 25.7. The van der Waals surface area contributed by atoms with Crippen LogP contribution in [-0.2, 0) is 14.8 Å². The smallest absolute Gasteiger partial charge is 0.269 e. The van der Waals surface area contributed by atoms with Gasteiger partial charge in [-0.05, 0) is 49.9 Å². The van der Waals surface area contributed by atoms with Crippen molar-refractivity contribution in [3.05, 3.63) is 70.3 Å². The Kier molecular flexibility index (Phi) is 8.00. The fourth-order valence-electron chi connectivity index (χ4n) is 4.88. The lowest BCUT2D eigenvalue weighted by molar-refractivity contribution is -0.384. The van der Waals surface area contributed by atoms with Gasteiger partial charge in [-0.3, -0.25) is 19.7 Å². The zero-order valence-corrected chi connectivity index (χ0v) is 20.7. The van der Waals surface area contributed by atoms with E-state index in [1.165, 1.54) is 16.4 Å². The fraction of sp³-hybridized carbons (Fsp3) is 0.440. The zero-order valence-electron chi connectivity index (χ0n) is 19.8. The maximum atomic E-state index is 13.2. The van der Waals surface area contributed by atoms with Gasteiger partial charge in [-0.15, -0.1) is 0 Å². The molecule has 1 heterocycles. The van der Waals surface area contributed by atoms with Crippen LogP contribution >= 0.6 is 0 Å². The van der Waals surface area contributed by atoms with Gasteiger partial charge in [0.1, 0.15) is 0 Å². The lowest BCUT2D eigenvalue weighted by atomic mass is 9.89. The summed E-state index contributed by atoms with van der Waals surface area (Å²) >= 11 is 0. The number of amides is 2. The molecule has 0 spiro atoms. The number of piperidine rings is 1. The van der Waals surface area contributed by atoms with Crippen molar-refractivity contribution in [2.24, 2.45) is 5.92 Å². The predicted molar refractivity (Wildman–Crippen MR) is 133 cm³/mol. The maximum Gasteiger partial charge on any atom is 0.269 e. The van der Waals surface area contributed by atoms with Crippen molar-refractivity contribution in [2.75, 3.05) is 13.1 Å². The van der Waals surface area contributed by atoms with E-state index in [0.717, 1.165) is 37.8 Å². The molecule has 0 bridgehead atoms. The molecule has 192 valence electrons. The molecule has 4 rings (SSSR count). The molecule has 2 aromatic rings. The Balaban J connectivity index is 1.40. The second-order valence-electron chi connectivity index (χ2n) is 9.30. The third-order valence-corrected chi connectivity index (χ3v) is 8.77. The van der Waals surface area contributed by atoms with Gasteiger partial charge < -0.3 is 10.6 Å². The summed E-state index contributed by atoms with van der Waals surface area (Å²) in [4.78, 5) is 36.1. The minimum absolute atomic E-state index is 0.0369. The molecule has 1 aliphatic heterocycles. The Labute approximate surface area is 210 Å². The number of hydrogen-bond acceptors (Lipinski definition) is 6. The maximum absolute atomic E-state index is 13.2. The highest BCUT2D eigenvalue weighted by atomic mass is 32.2. The Morgan fingerprint density at radius 1 is 0.889 bits per heavy atom. The first-order valence-corrected chi connectivity index (χ1v) is 13.6. The number of rotatable bonds is 7. The first-order valence-electron chi connectivity index (χ1n) is 12.2. The molecule has 2 fully saturated rings. The van der Waals surface area contributed by atoms with Crippen molar-refractivity contribution >= 4 is 27.5 Å². The Morgan fingerprint density at radius 3 is 2.17 bits per heavy atom. The molecule has 36 heavy (non-hydrogen) atoms. The number of carbonyl (C=O) groups excluding carboxylic acids is 2. The summed E-state index contributed by atoms with van der Waals surface area (Å²) in [5, 5.41) is 17.0. The van der Waals surface area contributed by atoms with Crippen molar-refractivity contribution in [1.82, 2.24) is 14.9 Å². The van der Waals surface area contributed by atoms with Crippen LogP contribution in [0.5, 0.6) is 0 Å². The molecule has 3 atom stereocenters. The molecule has 0 unspecified atom stereocenters. The minimum Gasteiger partial charge on any atom is -0.351 e. The van der Waals surface area contributed by atoms with Crippen LogP contribution in [0.1, 0.15) is 48.9 Å². The van der Waals surface area contributed by atoms with Crippen LogP contribution in [0.3, 0.4) is 0 Å². The van der Waals surface area contributed by atoms with E-state index in [-0.39, 0.29) is 47.6 Å². The quantitative estimate of drug-likeness (QED) is 0.430. The molecular weight excluding hydrogens is 484 g/mol. The fourth-order valence-corrected chi connectivity index (χ4v) is 6.41. The number of nitrogens with zero attached hydrogens (tertiary/aromatic N) is 2. The third-order valence-electron chi connectivity index (χ3n) is 6.89. The predicted octanol–water partition coefficient (Wildman–Crippen LogP) is 2.85. The van der Waals surface area contributed by atoms with Crippen LogP contribution in [-0.4, -0.2) is 54.6 Å². The number of carbonyl (C=O) groups is 2. The summed E-state index contributed by atoms with van der Waals surface area (Å²) < 4.78 is 27.5. The number of nitrogens with one attached hydrogen (secondary N) is 2. The molecule has 1 aliphatic carbocycles. The molecule has 0 radical (unpaired) electrons. The van der Waals surface area contributed by atoms with Crippen molar-refractivity contribution in [2.45, 2.75) is 55.5 Å². The monoisotopic (exact) mass is 514 g/mol. The number of benzene rings is 2. The highest BCUT2D eigenvalue weighted by molar-refractivity contribution is 7.89. The van der Waals surface area contributed by atoms with E-state index in [1.54, 1.807) is 24.3 Å². The van der Waals surface area contributed by atoms with Crippen molar-refractivity contribution in [3.63, 3.8) is 0 Å². The third kappa shape index (κ3) is 5.90. The highest BCUT2D eigenvalue weighted by Crippen LogP contribution is 2.26. The van der Waals surface area contributed by atoms with Crippen LogP contribution < -0.4 is 10.6 Å². The van der Waals surface area contributed by atoms with Gasteiger partial charge in [-0.2, -0.15) is 4.31 Å². The van der Waals surface area contributed by atoms with Crippen LogP contribution in [0.4, 0.5) is 5.69 Å². The van der Waals surface area contributed by atoms with Crippen LogP contribution in [0.2, 0.25) is 0 Å². The van der Waals surface area contributed by atoms with Crippen molar-refractivity contribution in [3.8, 4) is 0 Å². The highest BCUT2D eigenvalue weighted by Gasteiger charge is 2.36. The van der Waals surface area contributed by atoms with Gasteiger partial charge in [0.2, 0.25) is 15.9 Å². The molecule has 2 aromatic carbocycles. The average molecular weight is 515 g/mol. The van der Waals surface area contributed by atoms with Crippen molar-refractivity contribution < 1.29 is 22.9 Å². The Hall–Kier alpha value is -3.31. The van der Waals surface area contributed by atoms with Gasteiger partial charge in [0, 0.05) is 42.9 Å². The van der Waals surface area contributed by atoms with Gasteiger partial charge in [0.25, 0.3) is 11.6 Å². The minimum atomic E-state index is -3.89. The molecule has 1 saturated carbocycles. The molecular formula is C25H30N4O6S. The normalized spacial score (nSPS) is 22.9. The first kappa shape index (κ1) is 25.8. The van der Waals surface area contributed by atoms with Crippen LogP contribution in [0.15, 0.2) is 59.5 Å². The van der Waals surface area contributed by atoms with Crippen molar-refractivity contribution in [1.29, 1.82) is 0 Å². The van der Waals surface area contributed by atoms with E-state index in [9.17, 15) is 28.1 Å². The molecule has 1 saturated heterocycles. The molecule has 11 heteroatoms. The number of nitro benzene ring substituents is 1. The standard InChI is InChI=1S/C25H30N4O6S/c30-24(18-7-2-1-3-8-18)26-22-10-4-5-11-23(22)27-25(31)19-9-6-16-28(17-19)36(34,35)21-14-12-20(13-15-21)29(32)33/h1-3,7-8,12-15,19,22-23H,4-6,9-11,16-17H2,(H,26,30)(H,27,31)/t19-,22-,23-/m1/s1. The average Bonchev–Trinajstić information content (AvgIpc) is 2.90. The Morgan fingerprint density at radius 2 is 1.53 bits per heavy atom. The van der Waals surface area contributed by atoms with E-state index in [1.807, 2.05) is 6.07 Å². The summed E-state index contributed by atoms with van der Waals surface area (Å²) in [5.41, 5.74) is 0.374. The van der Waals surface area contributed by atoms with E-state index in [0.29, 0.717) is 18.4 Å². The van der Waals surface area contributed by atoms with Gasteiger partial charge >= 0.3 is 0 Å². The lowest BCUT2D eigenvalue weighted by Crippen LogP contribution is -2.55. The number of sulfonamides is 1. The van der Waals surface area contributed by atoms with E-state index in [4.69, 9.17) is 0 Å². The molecule has 0 aromatic heterocycles. The SMILES string of the molecule is O=C(N[C@@H]1CCCC[C@H]1NC(=O)[C@@H]1CCCN(S(=O)(=O)c2ccc([N+](=O)[O-])cc2)C1)c1ccccc1. The summed E-state index contributed by atoms with van der Waals surface area (Å²) in [6.45, 7) is 0.321. The summed E-state index contributed by atoms with van der Waals surface area (Å²) in [6, 6.07) is 13.3. The number of hydrogen-bond donors (Lipinski definition) is 2. The molecule has 2 aliphatic rings.